The van der Waals surface area contributed by atoms with Gasteiger partial charge in [0, 0.05) is 18.3 Å². The second-order valence-corrected chi connectivity index (χ2v) is 7.41. The topological polar surface area (TPSA) is 95.5 Å². The summed E-state index contributed by atoms with van der Waals surface area (Å²) in [5.74, 6) is -1.17. The first-order valence-corrected chi connectivity index (χ1v) is 9.52. The van der Waals surface area contributed by atoms with E-state index in [0.29, 0.717) is 12.2 Å². The van der Waals surface area contributed by atoms with Crippen molar-refractivity contribution in [3.05, 3.63) is 59.7 Å². The van der Waals surface area contributed by atoms with Crippen molar-refractivity contribution >= 4 is 21.7 Å². The van der Waals surface area contributed by atoms with Gasteiger partial charge < -0.3 is 10.4 Å². The van der Waals surface area contributed by atoms with Gasteiger partial charge in [-0.3, -0.25) is 0 Å². The first-order chi connectivity index (χ1) is 11.8. The number of hydrogen-bond donors (Lipinski definition) is 3. The molecule has 0 amide bonds. The van der Waals surface area contributed by atoms with Gasteiger partial charge in [0.25, 0.3) is 0 Å². The molecule has 0 radical (unpaired) electrons. The van der Waals surface area contributed by atoms with Crippen molar-refractivity contribution < 1.29 is 18.3 Å². The number of nitrogens with one attached hydrogen (secondary N) is 2. The van der Waals surface area contributed by atoms with Crippen molar-refractivity contribution in [2.45, 2.75) is 31.2 Å². The fourth-order valence-electron chi connectivity index (χ4n) is 2.39. The predicted molar refractivity (Wildman–Crippen MR) is 97.4 cm³/mol. The van der Waals surface area contributed by atoms with Crippen molar-refractivity contribution in [1.29, 1.82) is 0 Å². The minimum atomic E-state index is -3.84. The highest BCUT2D eigenvalue weighted by atomic mass is 32.2. The van der Waals surface area contributed by atoms with Gasteiger partial charge in [0.2, 0.25) is 10.0 Å². The van der Waals surface area contributed by atoms with E-state index in [2.05, 4.69) is 10.0 Å². The molecule has 7 heteroatoms. The normalized spacial score (nSPS) is 12.6. The zero-order chi connectivity index (χ0) is 18.4. The van der Waals surface area contributed by atoms with E-state index < -0.39 is 22.0 Å². The molecule has 2 aromatic carbocycles. The monoisotopic (exact) mass is 362 g/mol. The zero-order valence-corrected chi connectivity index (χ0v) is 15.0. The lowest BCUT2D eigenvalue weighted by atomic mass is 10.1. The van der Waals surface area contributed by atoms with Gasteiger partial charge in [-0.1, -0.05) is 37.3 Å². The van der Waals surface area contributed by atoms with Crippen molar-refractivity contribution in [3.63, 3.8) is 0 Å². The number of hydrogen-bond acceptors (Lipinski definition) is 4. The first-order valence-electron chi connectivity index (χ1n) is 8.03. The molecule has 3 N–H and O–H groups in total. The summed E-state index contributed by atoms with van der Waals surface area (Å²) in [5.41, 5.74) is 1.17. The molecule has 1 atom stereocenters. The second-order valence-electron chi connectivity index (χ2n) is 5.69. The minimum Gasteiger partial charge on any atom is -0.478 e. The smallest absolute Gasteiger partial charge is 0.337 e. The second kappa shape index (κ2) is 8.13. The van der Waals surface area contributed by atoms with Gasteiger partial charge in [-0.05, 0) is 37.1 Å². The third-order valence-electron chi connectivity index (χ3n) is 3.73. The Hall–Kier alpha value is -2.38. The number of sulfonamides is 1. The van der Waals surface area contributed by atoms with E-state index >= 15 is 0 Å². The Bertz CT molecular complexity index is 835. The average Bonchev–Trinajstić information content (AvgIpc) is 2.60. The zero-order valence-electron chi connectivity index (χ0n) is 14.2. The summed E-state index contributed by atoms with van der Waals surface area (Å²) >= 11 is 0. The fourth-order valence-corrected chi connectivity index (χ4v) is 3.65. The van der Waals surface area contributed by atoms with Gasteiger partial charge in [-0.2, -0.15) is 0 Å². The molecule has 134 valence electrons. The molecule has 0 saturated heterocycles. The summed E-state index contributed by atoms with van der Waals surface area (Å²) in [4.78, 5) is 11.4. The molecule has 0 saturated carbocycles. The van der Waals surface area contributed by atoms with E-state index in [1.807, 2.05) is 37.3 Å². The molecule has 0 aromatic heterocycles. The van der Waals surface area contributed by atoms with Crippen molar-refractivity contribution in [3.8, 4) is 0 Å². The predicted octanol–water partition coefficient (Wildman–Crippen LogP) is 3.25. The van der Waals surface area contributed by atoms with Gasteiger partial charge >= 0.3 is 5.97 Å². The third kappa shape index (κ3) is 4.80. The molecule has 0 spiro atoms. The Morgan fingerprint density at radius 2 is 1.84 bits per heavy atom. The van der Waals surface area contributed by atoms with Crippen LogP contribution in [0.3, 0.4) is 0 Å². The summed E-state index contributed by atoms with van der Waals surface area (Å²) in [7, 11) is -3.84. The number of carbonyl (C=O) groups is 1. The highest BCUT2D eigenvalue weighted by molar-refractivity contribution is 7.89. The molecule has 1 unspecified atom stereocenters. The molecule has 2 rings (SSSR count). The number of rotatable bonds is 8. The molecular weight excluding hydrogens is 340 g/mol. The maximum Gasteiger partial charge on any atom is 0.337 e. The summed E-state index contributed by atoms with van der Waals surface area (Å²) < 4.78 is 27.8. The van der Waals surface area contributed by atoms with Crippen LogP contribution in [0, 0.1) is 0 Å². The van der Waals surface area contributed by atoms with Gasteiger partial charge in [-0.25, -0.2) is 17.9 Å². The van der Waals surface area contributed by atoms with Gasteiger partial charge in [0.1, 0.15) is 0 Å². The van der Waals surface area contributed by atoms with Gasteiger partial charge in [0.05, 0.1) is 10.5 Å². The van der Waals surface area contributed by atoms with Crippen LogP contribution in [-0.2, 0) is 10.0 Å². The lowest BCUT2D eigenvalue weighted by Gasteiger charge is -2.16. The maximum atomic E-state index is 12.6. The summed E-state index contributed by atoms with van der Waals surface area (Å²) in [6.45, 7) is 4.30. The number of benzene rings is 2. The van der Waals surface area contributed by atoms with Crippen LogP contribution < -0.4 is 10.0 Å². The van der Waals surface area contributed by atoms with Crippen LogP contribution in [0.5, 0.6) is 0 Å². The number of aromatic carboxylic acids is 1. The van der Waals surface area contributed by atoms with Crippen LogP contribution in [0.1, 0.15) is 42.2 Å². The molecule has 2 aromatic rings. The number of carboxylic acid groups (broad SMARTS) is 1. The van der Waals surface area contributed by atoms with E-state index in [-0.39, 0.29) is 10.5 Å². The highest BCUT2D eigenvalue weighted by Gasteiger charge is 2.21. The molecule has 0 fully saturated rings. The van der Waals surface area contributed by atoms with E-state index in [0.717, 1.165) is 12.0 Å². The SMILES string of the molecule is CCCNc1ccc(S(=O)(=O)NC(C)c2ccccc2)cc1C(=O)O. The fraction of sp³-hybridized carbons (Fsp3) is 0.278. The minimum absolute atomic E-state index is 0.0660. The molecule has 6 nitrogen and oxygen atoms in total. The van der Waals surface area contributed by atoms with Crippen LogP contribution >= 0.6 is 0 Å². The Morgan fingerprint density at radius 3 is 2.44 bits per heavy atom. The summed E-state index contributed by atoms with van der Waals surface area (Å²) in [6, 6.07) is 12.8. The van der Waals surface area contributed by atoms with Crippen molar-refractivity contribution in [2.75, 3.05) is 11.9 Å². The molecule has 25 heavy (non-hydrogen) atoms. The highest BCUT2D eigenvalue weighted by Crippen LogP contribution is 2.22. The largest absolute Gasteiger partial charge is 0.478 e. The maximum absolute atomic E-state index is 12.6. The van der Waals surface area contributed by atoms with Crippen LogP contribution in [-0.4, -0.2) is 26.0 Å². The Labute approximate surface area is 147 Å². The van der Waals surface area contributed by atoms with Gasteiger partial charge in [0.15, 0.2) is 0 Å². The third-order valence-corrected chi connectivity index (χ3v) is 5.27. The first kappa shape index (κ1) is 19.0. The van der Waals surface area contributed by atoms with Crippen LogP contribution in [0.25, 0.3) is 0 Å². The standard InChI is InChI=1S/C18H22N2O4S/c1-3-11-19-17-10-9-15(12-16(17)18(21)22)25(23,24)20-13(2)14-7-5-4-6-8-14/h4-10,12-13,19-20H,3,11H2,1-2H3,(H,21,22). The average molecular weight is 362 g/mol. The lowest BCUT2D eigenvalue weighted by molar-refractivity contribution is 0.0697. The van der Waals surface area contributed by atoms with Crippen LogP contribution in [0.4, 0.5) is 5.69 Å². The van der Waals surface area contributed by atoms with E-state index in [4.69, 9.17) is 0 Å². The van der Waals surface area contributed by atoms with E-state index in [9.17, 15) is 18.3 Å². The van der Waals surface area contributed by atoms with Crippen LogP contribution in [0.2, 0.25) is 0 Å². The van der Waals surface area contributed by atoms with E-state index in [1.54, 1.807) is 6.92 Å². The van der Waals surface area contributed by atoms with Crippen molar-refractivity contribution in [2.24, 2.45) is 0 Å². The van der Waals surface area contributed by atoms with Gasteiger partial charge in [-0.15, -0.1) is 0 Å². The number of anilines is 1. The molecular formula is C18H22N2O4S. The van der Waals surface area contributed by atoms with E-state index in [1.165, 1.54) is 18.2 Å². The molecule has 0 aliphatic heterocycles. The molecule has 0 aliphatic carbocycles. The molecule has 0 bridgehead atoms. The molecule has 0 aliphatic rings. The quantitative estimate of drug-likeness (QED) is 0.670. The summed E-state index contributed by atoms with van der Waals surface area (Å²) in [5, 5.41) is 12.4. The Kier molecular flexibility index (Phi) is 6.17. The van der Waals surface area contributed by atoms with Crippen LogP contribution in [0.15, 0.2) is 53.4 Å². The Morgan fingerprint density at radius 1 is 1.16 bits per heavy atom. The summed E-state index contributed by atoms with van der Waals surface area (Å²) in [6.07, 6.45) is 0.829. The lowest BCUT2D eigenvalue weighted by Crippen LogP contribution is -2.27. The van der Waals surface area contributed by atoms with Crippen molar-refractivity contribution in [1.82, 2.24) is 4.72 Å². The number of carboxylic acids is 1. The molecule has 0 heterocycles. The Balaban J connectivity index is 2.29.